The zero-order chi connectivity index (χ0) is 19.6. The van der Waals surface area contributed by atoms with Gasteiger partial charge in [-0.15, -0.1) is 0 Å². The van der Waals surface area contributed by atoms with Crippen molar-refractivity contribution in [3.8, 4) is 0 Å². The normalized spacial score (nSPS) is 15.6. The molecule has 0 aliphatic carbocycles. The van der Waals surface area contributed by atoms with Crippen LogP contribution in [0.15, 0.2) is 27.4 Å². The molecule has 1 saturated heterocycles. The van der Waals surface area contributed by atoms with Gasteiger partial charge in [0.2, 0.25) is 5.91 Å². The van der Waals surface area contributed by atoms with Gasteiger partial charge in [0, 0.05) is 51.3 Å². The van der Waals surface area contributed by atoms with Gasteiger partial charge in [-0.3, -0.25) is 24.4 Å². The Morgan fingerprint density at radius 3 is 2.59 bits per heavy atom. The minimum absolute atomic E-state index is 0.0925. The molecule has 0 spiro atoms. The van der Waals surface area contributed by atoms with Crippen molar-refractivity contribution in [2.75, 3.05) is 26.2 Å². The molecule has 0 atom stereocenters. The number of aryl methyl sites for hydroxylation is 1. The summed E-state index contributed by atoms with van der Waals surface area (Å²) >= 11 is 0. The maximum Gasteiger partial charge on any atom is 0.419 e. The standard InChI is InChI=1S/C18H24N4O5/c1-13(2)19-8-10-20(11-9-19)17(23)4-3-7-21-15-6-5-14(22(25)26)12-16(15)27-18(21)24/h5-6,12-13H,3-4,7-11H2,1-2H3. The quantitative estimate of drug-likeness (QED) is 0.563. The first-order chi connectivity index (χ1) is 12.9. The second-order valence-corrected chi connectivity index (χ2v) is 7.04. The van der Waals surface area contributed by atoms with E-state index in [2.05, 4.69) is 18.7 Å². The number of nitrogens with zero attached hydrogens (tertiary/aromatic N) is 4. The van der Waals surface area contributed by atoms with Crippen molar-refractivity contribution in [2.24, 2.45) is 0 Å². The highest BCUT2D eigenvalue weighted by Gasteiger charge is 2.22. The number of amides is 1. The number of hydrogen-bond donors (Lipinski definition) is 0. The Morgan fingerprint density at radius 2 is 1.96 bits per heavy atom. The Morgan fingerprint density at radius 1 is 1.26 bits per heavy atom. The van der Waals surface area contributed by atoms with Crippen LogP contribution >= 0.6 is 0 Å². The Bertz CT molecular complexity index is 893. The minimum Gasteiger partial charge on any atom is -0.407 e. The Kier molecular flexibility index (Phi) is 5.59. The summed E-state index contributed by atoms with van der Waals surface area (Å²) in [5.74, 6) is -0.474. The van der Waals surface area contributed by atoms with E-state index < -0.39 is 10.7 Å². The van der Waals surface area contributed by atoms with E-state index in [0.717, 1.165) is 26.2 Å². The first kappa shape index (κ1) is 19.1. The van der Waals surface area contributed by atoms with Crippen LogP contribution in [0.4, 0.5) is 5.69 Å². The molecule has 2 aromatic rings. The van der Waals surface area contributed by atoms with Crippen molar-refractivity contribution in [3.63, 3.8) is 0 Å². The molecule has 0 radical (unpaired) electrons. The van der Waals surface area contributed by atoms with Gasteiger partial charge >= 0.3 is 5.76 Å². The van der Waals surface area contributed by atoms with E-state index in [1.54, 1.807) is 0 Å². The SMILES string of the molecule is CC(C)N1CCN(C(=O)CCCn2c(=O)oc3cc([N+](=O)[O-])ccc32)CC1. The fourth-order valence-electron chi connectivity index (χ4n) is 3.41. The maximum absolute atomic E-state index is 12.4. The summed E-state index contributed by atoms with van der Waals surface area (Å²) in [5.41, 5.74) is 0.563. The van der Waals surface area contributed by atoms with Crippen molar-refractivity contribution in [3.05, 3.63) is 38.9 Å². The van der Waals surface area contributed by atoms with Crippen molar-refractivity contribution >= 4 is 22.7 Å². The van der Waals surface area contributed by atoms with Crippen molar-refractivity contribution in [2.45, 2.75) is 39.3 Å². The van der Waals surface area contributed by atoms with E-state index >= 15 is 0 Å². The molecule has 2 heterocycles. The van der Waals surface area contributed by atoms with Gasteiger partial charge in [0.15, 0.2) is 5.58 Å². The van der Waals surface area contributed by atoms with Gasteiger partial charge in [-0.1, -0.05) is 0 Å². The minimum atomic E-state index is -0.566. The van der Waals surface area contributed by atoms with Gasteiger partial charge in [-0.25, -0.2) is 4.79 Å². The average Bonchev–Trinajstić information content (AvgIpc) is 2.96. The lowest BCUT2D eigenvalue weighted by Crippen LogP contribution is -2.50. The van der Waals surface area contributed by atoms with E-state index in [0.29, 0.717) is 30.9 Å². The number of carbonyl (C=O) groups excluding carboxylic acids is 1. The van der Waals surface area contributed by atoms with Gasteiger partial charge in [-0.2, -0.15) is 0 Å². The maximum atomic E-state index is 12.4. The number of rotatable bonds is 6. The van der Waals surface area contributed by atoms with Gasteiger partial charge in [0.05, 0.1) is 16.5 Å². The monoisotopic (exact) mass is 376 g/mol. The van der Waals surface area contributed by atoms with Gasteiger partial charge in [0.25, 0.3) is 5.69 Å². The lowest BCUT2D eigenvalue weighted by molar-refractivity contribution is -0.384. The molecule has 0 unspecified atom stereocenters. The van der Waals surface area contributed by atoms with Crippen LogP contribution in [-0.2, 0) is 11.3 Å². The molecule has 1 aliphatic rings. The largest absolute Gasteiger partial charge is 0.419 e. The summed E-state index contributed by atoms with van der Waals surface area (Å²) in [7, 11) is 0. The summed E-state index contributed by atoms with van der Waals surface area (Å²) in [6.45, 7) is 7.87. The molecule has 0 saturated carbocycles. The lowest BCUT2D eigenvalue weighted by atomic mass is 10.2. The van der Waals surface area contributed by atoms with Crippen molar-refractivity contribution < 1.29 is 14.1 Å². The van der Waals surface area contributed by atoms with Crippen LogP contribution in [-0.4, -0.2) is 57.4 Å². The number of oxazole rings is 1. The fourth-order valence-corrected chi connectivity index (χ4v) is 3.41. The third-order valence-corrected chi connectivity index (χ3v) is 5.03. The Labute approximate surface area is 156 Å². The van der Waals surface area contributed by atoms with E-state index in [-0.39, 0.29) is 17.2 Å². The summed E-state index contributed by atoms with van der Waals surface area (Å²) in [6.07, 6.45) is 0.864. The molecule has 1 aromatic heterocycles. The van der Waals surface area contributed by atoms with E-state index in [9.17, 15) is 19.7 Å². The van der Waals surface area contributed by atoms with Gasteiger partial charge < -0.3 is 9.32 Å². The smallest absolute Gasteiger partial charge is 0.407 e. The third-order valence-electron chi connectivity index (χ3n) is 5.03. The topological polar surface area (TPSA) is 102 Å². The molecule has 0 N–H and O–H groups in total. The molecular weight excluding hydrogens is 352 g/mol. The molecule has 27 heavy (non-hydrogen) atoms. The predicted octanol–water partition coefficient (Wildman–Crippen LogP) is 1.84. The molecule has 9 nitrogen and oxygen atoms in total. The highest BCUT2D eigenvalue weighted by atomic mass is 16.6. The highest BCUT2D eigenvalue weighted by molar-refractivity contribution is 5.77. The lowest BCUT2D eigenvalue weighted by Gasteiger charge is -2.37. The van der Waals surface area contributed by atoms with Crippen LogP contribution in [0, 0.1) is 10.1 Å². The van der Waals surface area contributed by atoms with E-state index in [4.69, 9.17) is 4.42 Å². The Balaban J connectivity index is 1.58. The second kappa shape index (κ2) is 7.91. The zero-order valence-electron chi connectivity index (χ0n) is 15.6. The Hall–Kier alpha value is -2.68. The van der Waals surface area contributed by atoms with Crippen LogP contribution in [0.3, 0.4) is 0 Å². The summed E-state index contributed by atoms with van der Waals surface area (Å²) < 4.78 is 6.52. The number of benzene rings is 1. The number of non-ortho nitro benzene ring substituents is 1. The molecule has 9 heteroatoms. The molecule has 1 aromatic carbocycles. The summed E-state index contributed by atoms with van der Waals surface area (Å²) in [4.78, 5) is 38.9. The fraction of sp³-hybridized carbons (Fsp3) is 0.556. The van der Waals surface area contributed by atoms with Crippen molar-refractivity contribution in [1.82, 2.24) is 14.4 Å². The molecule has 3 rings (SSSR count). The number of fused-ring (bicyclic) bond motifs is 1. The zero-order valence-corrected chi connectivity index (χ0v) is 15.6. The molecule has 0 bridgehead atoms. The van der Waals surface area contributed by atoms with Crippen LogP contribution in [0.25, 0.3) is 11.1 Å². The van der Waals surface area contributed by atoms with E-state index in [1.165, 1.54) is 22.8 Å². The molecule has 1 amide bonds. The van der Waals surface area contributed by atoms with Crippen LogP contribution in [0.2, 0.25) is 0 Å². The highest BCUT2D eigenvalue weighted by Crippen LogP contribution is 2.20. The first-order valence-corrected chi connectivity index (χ1v) is 9.16. The predicted molar refractivity (Wildman–Crippen MR) is 99.7 cm³/mol. The third kappa shape index (κ3) is 4.19. The van der Waals surface area contributed by atoms with Crippen LogP contribution in [0.1, 0.15) is 26.7 Å². The van der Waals surface area contributed by atoms with Gasteiger partial charge in [0.1, 0.15) is 0 Å². The summed E-state index contributed by atoms with van der Waals surface area (Å²) in [6, 6.07) is 4.57. The number of aromatic nitrogens is 1. The molecule has 1 fully saturated rings. The average molecular weight is 376 g/mol. The van der Waals surface area contributed by atoms with Crippen LogP contribution in [0.5, 0.6) is 0 Å². The van der Waals surface area contributed by atoms with Crippen molar-refractivity contribution in [1.29, 1.82) is 0 Å². The number of hydrogen-bond acceptors (Lipinski definition) is 6. The second-order valence-electron chi connectivity index (χ2n) is 7.04. The van der Waals surface area contributed by atoms with Gasteiger partial charge in [-0.05, 0) is 26.3 Å². The molecule has 146 valence electrons. The van der Waals surface area contributed by atoms with Crippen LogP contribution < -0.4 is 5.76 Å². The first-order valence-electron chi connectivity index (χ1n) is 9.16. The van der Waals surface area contributed by atoms with E-state index in [1.807, 2.05) is 4.90 Å². The molecule has 1 aliphatic heterocycles. The summed E-state index contributed by atoms with van der Waals surface area (Å²) in [5, 5.41) is 10.8. The number of carbonyl (C=O) groups is 1. The molecular formula is C18H24N4O5. The number of nitro groups is 1. The number of nitro benzene ring substituents is 1. The number of piperazine rings is 1.